The molecule has 0 saturated carbocycles. The van der Waals surface area contributed by atoms with Gasteiger partial charge in [-0.25, -0.2) is 9.97 Å². The highest BCUT2D eigenvalue weighted by Gasteiger charge is 2.30. The Morgan fingerprint density at radius 1 is 1.18 bits per heavy atom. The van der Waals surface area contributed by atoms with Gasteiger partial charge in [0.15, 0.2) is 11.5 Å². The van der Waals surface area contributed by atoms with Crippen molar-refractivity contribution in [3.8, 4) is 10.7 Å². The fourth-order valence-corrected chi connectivity index (χ4v) is 4.53. The average molecular weight is 389 g/mol. The Morgan fingerprint density at radius 2 is 2.11 bits per heavy atom. The van der Waals surface area contributed by atoms with Gasteiger partial charge in [0.2, 0.25) is 5.91 Å². The Bertz CT molecular complexity index is 1110. The van der Waals surface area contributed by atoms with Crippen molar-refractivity contribution in [1.29, 1.82) is 0 Å². The van der Waals surface area contributed by atoms with Gasteiger partial charge in [-0.2, -0.15) is 0 Å². The number of carbonyl (C=O) groups excluding carboxylic acids is 1. The molecule has 0 bridgehead atoms. The Kier molecular flexibility index (Phi) is 4.37. The maximum absolute atomic E-state index is 12.8. The third kappa shape index (κ3) is 3.07. The zero-order chi connectivity index (χ0) is 18.9. The van der Waals surface area contributed by atoms with E-state index in [0.29, 0.717) is 13.0 Å². The smallest absolute Gasteiger partial charge is 0.227 e. The molecule has 0 spiro atoms. The first-order valence-corrected chi connectivity index (χ1v) is 10.2. The molecule has 0 unspecified atom stereocenters. The topological polar surface area (TPSA) is 63.9 Å². The van der Waals surface area contributed by atoms with Gasteiger partial charge in [0.1, 0.15) is 5.52 Å². The quantitative estimate of drug-likeness (QED) is 0.535. The second kappa shape index (κ2) is 7.16. The van der Waals surface area contributed by atoms with Gasteiger partial charge in [-0.05, 0) is 41.6 Å². The Hall–Kier alpha value is -3.06. The van der Waals surface area contributed by atoms with E-state index < -0.39 is 0 Å². The van der Waals surface area contributed by atoms with Crippen LogP contribution < -0.4 is 0 Å². The number of aromatic nitrogens is 4. The van der Waals surface area contributed by atoms with E-state index in [-0.39, 0.29) is 11.9 Å². The summed E-state index contributed by atoms with van der Waals surface area (Å²) in [5.41, 5.74) is 2.73. The summed E-state index contributed by atoms with van der Waals surface area (Å²) in [6.45, 7) is 1.43. The predicted molar refractivity (Wildman–Crippen MR) is 109 cm³/mol. The first-order valence-electron chi connectivity index (χ1n) is 9.33. The van der Waals surface area contributed by atoms with Crippen molar-refractivity contribution >= 4 is 28.4 Å². The molecule has 1 aliphatic heterocycles. The molecular weight excluding hydrogens is 370 g/mol. The van der Waals surface area contributed by atoms with Gasteiger partial charge in [0.25, 0.3) is 0 Å². The van der Waals surface area contributed by atoms with Crippen LogP contribution in [0.5, 0.6) is 0 Å². The maximum atomic E-state index is 12.8. The van der Waals surface area contributed by atoms with Gasteiger partial charge in [0, 0.05) is 31.7 Å². The number of likely N-dealkylation sites (tertiary alicyclic amines) is 1. The summed E-state index contributed by atoms with van der Waals surface area (Å²) >= 11 is 1.67. The highest BCUT2D eigenvalue weighted by atomic mass is 32.1. The predicted octanol–water partition coefficient (Wildman–Crippen LogP) is 3.57. The van der Waals surface area contributed by atoms with Crippen molar-refractivity contribution in [3.05, 3.63) is 65.9 Å². The number of pyridine rings is 2. The summed E-state index contributed by atoms with van der Waals surface area (Å²) in [6, 6.07) is 12.0. The minimum atomic E-state index is 0.144. The standard InChI is InChI=1S/C21H19N5OS/c27-19(12-15-4-1-8-22-13-15)25-10-7-16(14-25)26-20-17(5-2-9-23-20)24-21(26)18-6-3-11-28-18/h1-6,8-9,11,13,16H,7,10,12,14H2/t16-/m1/s1. The fourth-order valence-electron chi connectivity index (χ4n) is 3.82. The summed E-state index contributed by atoms with van der Waals surface area (Å²) in [4.78, 5) is 29.4. The Morgan fingerprint density at radius 3 is 2.93 bits per heavy atom. The van der Waals surface area contributed by atoms with E-state index >= 15 is 0 Å². The molecule has 140 valence electrons. The zero-order valence-corrected chi connectivity index (χ0v) is 16.0. The second-order valence-electron chi connectivity index (χ2n) is 6.95. The fraction of sp³-hybridized carbons (Fsp3) is 0.238. The number of fused-ring (bicyclic) bond motifs is 1. The molecular formula is C21H19N5OS. The lowest BCUT2D eigenvalue weighted by atomic mass is 10.2. The van der Waals surface area contributed by atoms with Crippen LogP contribution in [0.15, 0.2) is 60.4 Å². The van der Waals surface area contributed by atoms with Crippen molar-refractivity contribution in [1.82, 2.24) is 24.4 Å². The van der Waals surface area contributed by atoms with E-state index in [9.17, 15) is 4.79 Å². The summed E-state index contributed by atoms with van der Waals surface area (Å²) < 4.78 is 2.22. The van der Waals surface area contributed by atoms with Gasteiger partial charge in [-0.1, -0.05) is 12.1 Å². The van der Waals surface area contributed by atoms with E-state index in [2.05, 4.69) is 26.0 Å². The maximum Gasteiger partial charge on any atom is 0.227 e. The number of hydrogen-bond donors (Lipinski definition) is 0. The lowest BCUT2D eigenvalue weighted by Crippen LogP contribution is -2.30. The third-order valence-corrected chi connectivity index (χ3v) is 6.02. The molecule has 5 rings (SSSR count). The number of carbonyl (C=O) groups is 1. The first kappa shape index (κ1) is 17.1. The normalized spacial score (nSPS) is 16.7. The van der Waals surface area contributed by atoms with Crippen LogP contribution in [-0.4, -0.2) is 43.4 Å². The van der Waals surface area contributed by atoms with Gasteiger partial charge >= 0.3 is 0 Å². The van der Waals surface area contributed by atoms with E-state index in [4.69, 9.17) is 4.98 Å². The summed E-state index contributed by atoms with van der Waals surface area (Å²) in [7, 11) is 0. The highest BCUT2D eigenvalue weighted by Crippen LogP contribution is 2.34. The molecule has 0 N–H and O–H groups in total. The van der Waals surface area contributed by atoms with Crippen molar-refractivity contribution < 1.29 is 4.79 Å². The third-order valence-electron chi connectivity index (χ3n) is 5.15. The Labute approximate surface area is 166 Å². The molecule has 4 aromatic heterocycles. The molecule has 1 amide bonds. The Balaban J connectivity index is 1.44. The number of nitrogens with zero attached hydrogens (tertiary/aromatic N) is 5. The lowest BCUT2D eigenvalue weighted by Gasteiger charge is -2.18. The van der Waals surface area contributed by atoms with Crippen LogP contribution >= 0.6 is 11.3 Å². The number of imidazole rings is 1. The molecule has 0 aromatic carbocycles. The monoisotopic (exact) mass is 389 g/mol. The van der Waals surface area contributed by atoms with Crippen LogP contribution in [0.2, 0.25) is 0 Å². The van der Waals surface area contributed by atoms with Gasteiger partial charge in [-0.3, -0.25) is 9.78 Å². The summed E-state index contributed by atoms with van der Waals surface area (Å²) in [5, 5.41) is 2.06. The van der Waals surface area contributed by atoms with E-state index in [0.717, 1.165) is 40.4 Å². The molecule has 1 atom stereocenters. The number of amides is 1. The van der Waals surface area contributed by atoms with E-state index in [1.807, 2.05) is 35.2 Å². The number of thiophene rings is 1. The molecule has 7 heteroatoms. The van der Waals surface area contributed by atoms with Crippen molar-refractivity contribution in [2.45, 2.75) is 18.9 Å². The molecule has 0 aliphatic carbocycles. The number of rotatable bonds is 4. The molecule has 28 heavy (non-hydrogen) atoms. The van der Waals surface area contributed by atoms with Crippen molar-refractivity contribution in [2.24, 2.45) is 0 Å². The summed E-state index contributed by atoms with van der Waals surface area (Å²) in [5.74, 6) is 1.08. The lowest BCUT2D eigenvalue weighted by molar-refractivity contribution is -0.129. The van der Waals surface area contributed by atoms with Gasteiger partial charge < -0.3 is 9.47 Å². The minimum absolute atomic E-state index is 0.144. The van der Waals surface area contributed by atoms with Crippen molar-refractivity contribution in [2.75, 3.05) is 13.1 Å². The van der Waals surface area contributed by atoms with Crippen LogP contribution in [0, 0.1) is 0 Å². The van der Waals surface area contributed by atoms with Gasteiger partial charge in [0.05, 0.1) is 17.3 Å². The highest BCUT2D eigenvalue weighted by molar-refractivity contribution is 7.13. The molecule has 6 nitrogen and oxygen atoms in total. The molecule has 5 heterocycles. The minimum Gasteiger partial charge on any atom is -0.340 e. The largest absolute Gasteiger partial charge is 0.340 e. The van der Waals surface area contributed by atoms with Crippen LogP contribution in [0.4, 0.5) is 0 Å². The zero-order valence-electron chi connectivity index (χ0n) is 15.2. The number of hydrogen-bond acceptors (Lipinski definition) is 5. The first-order chi connectivity index (χ1) is 13.8. The van der Waals surface area contributed by atoms with Crippen molar-refractivity contribution in [3.63, 3.8) is 0 Å². The van der Waals surface area contributed by atoms with E-state index in [1.165, 1.54) is 0 Å². The molecule has 4 aromatic rings. The van der Waals surface area contributed by atoms with Crippen LogP contribution in [0.3, 0.4) is 0 Å². The SMILES string of the molecule is O=C(Cc1cccnc1)N1CC[C@@H](n2c(-c3cccs3)nc3cccnc32)C1. The van der Waals surface area contributed by atoms with Crippen LogP contribution in [0.1, 0.15) is 18.0 Å². The molecule has 1 saturated heterocycles. The second-order valence-corrected chi connectivity index (χ2v) is 7.90. The molecule has 1 aliphatic rings. The van der Waals surface area contributed by atoms with Crippen LogP contribution in [-0.2, 0) is 11.2 Å². The summed E-state index contributed by atoms with van der Waals surface area (Å²) in [6.07, 6.45) is 6.58. The molecule has 1 fully saturated rings. The van der Waals surface area contributed by atoms with Gasteiger partial charge in [-0.15, -0.1) is 11.3 Å². The average Bonchev–Trinajstić information content (AvgIpc) is 3.46. The molecule has 0 radical (unpaired) electrons. The van der Waals surface area contributed by atoms with E-state index in [1.54, 1.807) is 29.9 Å². The van der Waals surface area contributed by atoms with Crippen LogP contribution in [0.25, 0.3) is 21.9 Å².